The number of nitrogens with one attached hydrogen (secondary N) is 2. The number of carbonyl (C=O) groups excluding carboxylic acids is 2. The van der Waals surface area contributed by atoms with E-state index in [0.717, 1.165) is 5.56 Å². The molecule has 4 heterocycles. The van der Waals surface area contributed by atoms with Crippen molar-refractivity contribution < 1.29 is 34.1 Å². The van der Waals surface area contributed by atoms with Crippen LogP contribution in [0.3, 0.4) is 0 Å². The molecule has 43 heavy (non-hydrogen) atoms. The van der Waals surface area contributed by atoms with E-state index in [1.54, 1.807) is 26.1 Å². The predicted octanol–water partition coefficient (Wildman–Crippen LogP) is 2.85. The molecule has 230 valence electrons. The van der Waals surface area contributed by atoms with Gasteiger partial charge >= 0.3 is 11.9 Å². The third-order valence-electron chi connectivity index (χ3n) is 7.84. The number of nitrogens with zero attached hydrogens (tertiary/aromatic N) is 4. The summed E-state index contributed by atoms with van der Waals surface area (Å²) in [5, 5.41) is 24.0. The molecule has 0 saturated heterocycles. The van der Waals surface area contributed by atoms with E-state index in [-0.39, 0.29) is 64.4 Å². The fourth-order valence-electron chi connectivity index (χ4n) is 4.26. The van der Waals surface area contributed by atoms with Gasteiger partial charge in [-0.05, 0) is 55.4 Å². The molecule has 2 aromatic rings. The van der Waals surface area contributed by atoms with Crippen LogP contribution in [0.15, 0.2) is 34.5 Å². The summed E-state index contributed by atoms with van der Waals surface area (Å²) in [6.45, 7) is 13.2. The molecule has 2 aliphatic heterocycles. The third-order valence-corrected chi connectivity index (χ3v) is 7.84. The second-order valence-electron chi connectivity index (χ2n) is 11.3. The Morgan fingerprint density at radius 1 is 0.814 bits per heavy atom. The first-order valence-electron chi connectivity index (χ1n) is 13.9. The molecule has 0 aliphatic carbocycles. The minimum atomic E-state index is -1.13. The van der Waals surface area contributed by atoms with Gasteiger partial charge in [0.15, 0.2) is 11.7 Å². The van der Waals surface area contributed by atoms with E-state index >= 15 is 0 Å². The first kappa shape index (κ1) is 33.0. The minimum Gasteiger partial charge on any atom is -0.478 e. The van der Waals surface area contributed by atoms with Crippen molar-refractivity contribution in [1.29, 1.82) is 0 Å². The van der Waals surface area contributed by atoms with Gasteiger partial charge in [0.25, 0.3) is 11.8 Å². The smallest absolute Gasteiger partial charge is 0.338 e. The van der Waals surface area contributed by atoms with Gasteiger partial charge in [0.1, 0.15) is 22.5 Å². The summed E-state index contributed by atoms with van der Waals surface area (Å²) >= 11 is 0. The Hall–Kier alpha value is -4.52. The van der Waals surface area contributed by atoms with Crippen LogP contribution >= 0.6 is 0 Å². The molecule has 2 atom stereocenters. The van der Waals surface area contributed by atoms with Crippen molar-refractivity contribution in [2.45, 2.75) is 72.6 Å². The van der Waals surface area contributed by atoms with Gasteiger partial charge in [-0.15, -0.1) is 0 Å². The molecule has 0 radical (unpaired) electrons. The Labute approximate surface area is 249 Å². The number of hydrogen-bond acceptors (Lipinski definition) is 9. The lowest BCUT2D eigenvalue weighted by molar-refractivity contribution is -0.125. The van der Waals surface area contributed by atoms with E-state index in [2.05, 4.69) is 30.6 Å². The van der Waals surface area contributed by atoms with Crippen molar-refractivity contribution in [3.05, 3.63) is 58.2 Å². The van der Waals surface area contributed by atoms with Crippen molar-refractivity contribution >= 4 is 35.4 Å². The number of carboxylic acids is 2. The Morgan fingerprint density at radius 2 is 1.21 bits per heavy atom. The van der Waals surface area contributed by atoms with E-state index in [4.69, 9.17) is 4.74 Å². The Morgan fingerprint density at radius 3 is 1.53 bits per heavy atom. The second-order valence-corrected chi connectivity index (χ2v) is 11.3. The number of aromatic nitrogens is 2. The fraction of sp³-hybridized carbons (Fsp3) is 0.467. The number of amides is 2. The maximum absolute atomic E-state index is 12.2. The normalized spacial score (nSPS) is 21.2. The molecule has 2 amide bonds. The number of pyridine rings is 2. The number of aryl methyl sites for hydroxylation is 1. The highest BCUT2D eigenvalue weighted by Crippen LogP contribution is 2.28. The lowest BCUT2D eigenvalue weighted by Crippen LogP contribution is -2.41. The summed E-state index contributed by atoms with van der Waals surface area (Å²) in [5.74, 6) is -2.29. The minimum absolute atomic E-state index is 0.00167. The molecular formula is C30H38N6O7. The van der Waals surface area contributed by atoms with Crippen LogP contribution in [0.4, 0.5) is 0 Å². The predicted molar refractivity (Wildman–Crippen MR) is 158 cm³/mol. The number of aromatic carboxylic acids is 2. The summed E-state index contributed by atoms with van der Waals surface area (Å²) in [5.41, 5.74) is 0.0622. The van der Waals surface area contributed by atoms with Crippen molar-refractivity contribution in [3.8, 4) is 0 Å². The maximum atomic E-state index is 12.2. The van der Waals surface area contributed by atoms with Crippen molar-refractivity contribution in [2.24, 2.45) is 21.8 Å². The molecule has 2 aromatic heterocycles. The van der Waals surface area contributed by atoms with Crippen LogP contribution in [0, 0.1) is 11.8 Å². The quantitative estimate of drug-likeness (QED) is 0.338. The van der Waals surface area contributed by atoms with E-state index in [1.165, 1.54) is 19.4 Å². The molecule has 2 aliphatic rings. The van der Waals surface area contributed by atoms with Gasteiger partial charge in [-0.25, -0.2) is 19.6 Å². The first-order chi connectivity index (χ1) is 20.1. The number of ether oxygens (including phenoxy) is 1. The maximum Gasteiger partial charge on any atom is 0.338 e. The number of carbonyl (C=O) groups is 4. The highest BCUT2D eigenvalue weighted by Gasteiger charge is 2.44. The summed E-state index contributed by atoms with van der Waals surface area (Å²) < 4.78 is 4.98. The van der Waals surface area contributed by atoms with Crippen molar-refractivity contribution in [3.63, 3.8) is 0 Å². The zero-order valence-electron chi connectivity index (χ0n) is 25.6. The average molecular weight is 595 g/mol. The van der Waals surface area contributed by atoms with Crippen LogP contribution in [0.25, 0.3) is 0 Å². The average Bonchev–Trinajstić information content (AvgIpc) is 3.44. The summed E-state index contributed by atoms with van der Waals surface area (Å²) in [4.78, 5) is 64.3. The van der Waals surface area contributed by atoms with Gasteiger partial charge in [0, 0.05) is 19.5 Å². The van der Waals surface area contributed by atoms with Crippen molar-refractivity contribution in [2.75, 3.05) is 7.11 Å². The summed E-state index contributed by atoms with van der Waals surface area (Å²) in [7, 11) is 1.52. The highest BCUT2D eigenvalue weighted by atomic mass is 16.5. The Kier molecular flexibility index (Phi) is 9.80. The standard InChI is InChI=1S/C15H19N3O4.C15H19N3O3/c1-8(2)15(3)14(21)17-12(18-15)11-10(13(19)20)5-9(6-16-11)7-22-4;1-5-9-6-10(13(19)20)11(16-7-9)12-17-14(21)15(4,18-12)8(2)3/h5-6,8H,7H2,1-4H3,(H,19,20)(H,17,18,21);6-8H,5H2,1-4H3,(H,19,20)(H,17,18,21). The largest absolute Gasteiger partial charge is 0.478 e. The van der Waals surface area contributed by atoms with Gasteiger partial charge in [0.05, 0.1) is 17.7 Å². The molecule has 4 rings (SSSR count). The van der Waals surface area contributed by atoms with E-state index < -0.39 is 23.0 Å². The highest BCUT2D eigenvalue weighted by molar-refractivity contribution is 6.18. The van der Waals surface area contributed by atoms with E-state index in [9.17, 15) is 29.4 Å². The van der Waals surface area contributed by atoms with Crippen LogP contribution < -0.4 is 10.6 Å². The summed E-state index contributed by atoms with van der Waals surface area (Å²) in [6, 6.07) is 3.05. The van der Waals surface area contributed by atoms with Crippen LogP contribution in [0.1, 0.15) is 91.7 Å². The van der Waals surface area contributed by atoms with Gasteiger partial charge in [-0.1, -0.05) is 34.6 Å². The van der Waals surface area contributed by atoms with Crippen LogP contribution in [-0.2, 0) is 27.4 Å². The Balaban J connectivity index is 0.000000236. The molecule has 13 nitrogen and oxygen atoms in total. The number of carboxylic acid groups (broad SMARTS) is 2. The third kappa shape index (κ3) is 6.61. The van der Waals surface area contributed by atoms with Gasteiger partial charge in [-0.2, -0.15) is 0 Å². The number of methoxy groups -OCH3 is 1. The van der Waals surface area contributed by atoms with Crippen LogP contribution in [-0.4, -0.2) is 73.8 Å². The number of rotatable bonds is 9. The molecule has 0 saturated carbocycles. The van der Waals surface area contributed by atoms with Crippen molar-refractivity contribution in [1.82, 2.24) is 20.6 Å². The molecule has 0 fully saturated rings. The van der Waals surface area contributed by atoms with E-state index in [1.807, 2.05) is 34.6 Å². The monoisotopic (exact) mass is 594 g/mol. The molecule has 0 bridgehead atoms. The molecular weight excluding hydrogens is 556 g/mol. The fourth-order valence-corrected chi connectivity index (χ4v) is 4.26. The zero-order chi connectivity index (χ0) is 32.3. The SMILES string of the molecule is CCc1cnc(C2=NC(C)(C(C)C)C(=O)N2)c(C(=O)O)c1.COCc1cnc(C2=NC(C)(C(C)C)C(=O)N2)c(C(=O)O)c1. The second kappa shape index (κ2) is 12.8. The lowest BCUT2D eigenvalue weighted by Gasteiger charge is -2.21. The number of amidine groups is 2. The van der Waals surface area contributed by atoms with Gasteiger partial charge in [-0.3, -0.25) is 19.6 Å². The number of hydrogen-bond donors (Lipinski definition) is 4. The van der Waals surface area contributed by atoms with Crippen LogP contribution in [0.5, 0.6) is 0 Å². The molecule has 13 heteroatoms. The zero-order valence-corrected chi connectivity index (χ0v) is 25.6. The first-order valence-corrected chi connectivity index (χ1v) is 13.9. The molecule has 2 unspecified atom stereocenters. The molecule has 0 spiro atoms. The lowest BCUT2D eigenvalue weighted by atomic mass is 9.89. The topological polar surface area (TPSA) is 193 Å². The Bertz CT molecular complexity index is 1520. The summed E-state index contributed by atoms with van der Waals surface area (Å²) in [6.07, 6.45) is 3.82. The van der Waals surface area contributed by atoms with E-state index in [0.29, 0.717) is 12.0 Å². The molecule has 4 N–H and O–H groups in total. The molecule has 0 aromatic carbocycles. The van der Waals surface area contributed by atoms with Gasteiger partial charge in [0.2, 0.25) is 0 Å². The van der Waals surface area contributed by atoms with Gasteiger partial charge < -0.3 is 25.6 Å². The number of aliphatic imine (C=N–C) groups is 2. The van der Waals surface area contributed by atoms with Crippen LogP contribution in [0.2, 0.25) is 0 Å².